The van der Waals surface area contributed by atoms with Gasteiger partial charge in [0.15, 0.2) is 11.9 Å². The van der Waals surface area contributed by atoms with Gasteiger partial charge in [-0.1, -0.05) is 85.4 Å². The van der Waals surface area contributed by atoms with Crippen LogP contribution in [-0.2, 0) is 34.4 Å². The Hall–Kier alpha value is -2.17. The molecule has 3 atom stereocenters. The summed E-state index contributed by atoms with van der Waals surface area (Å²) in [6, 6.07) is 9.30. The maximum atomic E-state index is 16.6. The molecule has 0 bridgehead atoms. The Labute approximate surface area is 310 Å². The summed E-state index contributed by atoms with van der Waals surface area (Å²) in [5.41, 5.74) is 0.170. The molecule has 286 valence electrons. The van der Waals surface area contributed by atoms with Crippen molar-refractivity contribution >= 4 is 40.2 Å². The Balaban J connectivity index is 1.34. The second kappa shape index (κ2) is 13.5. The van der Waals surface area contributed by atoms with Crippen LogP contribution in [0.1, 0.15) is 69.2 Å². The zero-order chi connectivity index (χ0) is 38.2. The molecule has 0 spiro atoms. The van der Waals surface area contributed by atoms with Gasteiger partial charge in [-0.05, 0) is 44.8 Å². The Morgan fingerprint density at radius 1 is 0.962 bits per heavy atom. The van der Waals surface area contributed by atoms with Crippen molar-refractivity contribution in [1.29, 1.82) is 0 Å². The summed E-state index contributed by atoms with van der Waals surface area (Å²) in [6.07, 6.45) is -1.28. The molecule has 52 heavy (non-hydrogen) atoms. The molecular weight excluding hydrogens is 701 g/mol. The normalized spacial score (nSPS) is 24.4. The average molecular weight is 759 g/mol. The van der Waals surface area contributed by atoms with Gasteiger partial charge in [-0.2, -0.15) is 4.98 Å². The SMILES string of the molecule is CC1(C)OB(c2ccc(-c3c(F)cc4c(nc(O[C@@H]5CO[C@@H]6CO[Si](C(C)(C)C)(C(C)(C)C)O[C@H]65)n4COCC[Si](C)(C)C)c3F)cc2)OC1(C)C. The molecule has 0 N–H and O–H groups in total. The predicted molar refractivity (Wildman–Crippen MR) is 205 cm³/mol. The van der Waals surface area contributed by atoms with E-state index in [1.807, 2.05) is 27.7 Å². The number of halogens is 2. The molecule has 2 aromatic carbocycles. The molecule has 0 saturated carbocycles. The minimum absolute atomic E-state index is 0.00769. The van der Waals surface area contributed by atoms with E-state index in [1.54, 1.807) is 28.8 Å². The standard InChI is InChI=1S/C38H57BF2N2O7Si2/c1-35(2,3)52(36(4,5)6)46-22-28-33(48-52)29(21-45-28)47-34-42-32-27(43(34)23-44-18-19-51(11,12)13)20-26(40)30(31(32)41)24-14-16-25(17-15-24)39-49-37(7,8)38(9,10)50-39/h14-17,20,28-29,33H,18-19,21-23H2,1-13H3/t28-,29-,33-/m1/s1. The van der Waals surface area contributed by atoms with Gasteiger partial charge in [0.1, 0.15) is 30.3 Å². The van der Waals surface area contributed by atoms with E-state index in [1.165, 1.54) is 6.07 Å². The number of nitrogens with zero attached hydrogens (tertiary/aromatic N) is 2. The molecule has 14 heteroatoms. The largest absolute Gasteiger partial charge is 0.494 e. The van der Waals surface area contributed by atoms with Gasteiger partial charge in [-0.25, -0.2) is 8.78 Å². The average Bonchev–Trinajstić information content (AvgIpc) is 3.64. The first-order chi connectivity index (χ1) is 23.9. The minimum Gasteiger partial charge on any atom is -0.456 e. The second-order valence-corrected chi connectivity index (χ2v) is 29.2. The van der Waals surface area contributed by atoms with Gasteiger partial charge in [0.25, 0.3) is 6.01 Å². The summed E-state index contributed by atoms with van der Waals surface area (Å²) in [4.78, 5) is 4.67. The molecule has 3 saturated heterocycles. The Morgan fingerprint density at radius 2 is 1.58 bits per heavy atom. The Morgan fingerprint density at radius 3 is 2.15 bits per heavy atom. The highest BCUT2D eigenvalue weighted by Crippen LogP contribution is 2.55. The van der Waals surface area contributed by atoms with E-state index < -0.39 is 58.8 Å². The number of hydrogen-bond acceptors (Lipinski definition) is 8. The van der Waals surface area contributed by atoms with Crippen LogP contribution < -0.4 is 10.2 Å². The van der Waals surface area contributed by atoms with Crippen LogP contribution in [0, 0.1) is 11.6 Å². The van der Waals surface area contributed by atoms with Gasteiger partial charge in [0, 0.05) is 30.8 Å². The first-order valence-corrected chi connectivity index (χ1v) is 24.0. The highest BCUT2D eigenvalue weighted by Gasteiger charge is 2.64. The first-order valence-electron chi connectivity index (χ1n) is 18.5. The van der Waals surface area contributed by atoms with E-state index in [2.05, 4.69) is 66.2 Å². The molecule has 0 aliphatic carbocycles. The molecule has 3 aromatic rings. The van der Waals surface area contributed by atoms with Crippen LogP contribution >= 0.6 is 0 Å². The number of ether oxygens (including phenoxy) is 3. The zero-order valence-electron chi connectivity index (χ0n) is 33.2. The molecular formula is C38H57BF2N2O7Si2. The van der Waals surface area contributed by atoms with Gasteiger partial charge >= 0.3 is 15.7 Å². The smallest absolute Gasteiger partial charge is 0.456 e. The topological polar surface area (TPSA) is 82.4 Å². The van der Waals surface area contributed by atoms with Crippen LogP contribution in [0.5, 0.6) is 6.01 Å². The number of aromatic nitrogens is 2. The van der Waals surface area contributed by atoms with Crippen molar-refractivity contribution in [1.82, 2.24) is 9.55 Å². The third-order valence-electron chi connectivity index (χ3n) is 11.0. The summed E-state index contributed by atoms with van der Waals surface area (Å²) >= 11 is 0. The van der Waals surface area contributed by atoms with Crippen LogP contribution in [0.25, 0.3) is 22.2 Å². The van der Waals surface area contributed by atoms with Crippen LogP contribution in [0.15, 0.2) is 30.3 Å². The van der Waals surface area contributed by atoms with Crippen molar-refractivity contribution in [2.45, 2.75) is 141 Å². The van der Waals surface area contributed by atoms with Crippen LogP contribution in [0.2, 0.25) is 35.8 Å². The van der Waals surface area contributed by atoms with E-state index in [0.29, 0.717) is 18.8 Å². The van der Waals surface area contributed by atoms with Crippen molar-refractivity contribution in [3.8, 4) is 17.1 Å². The van der Waals surface area contributed by atoms with Crippen molar-refractivity contribution in [3.05, 3.63) is 42.0 Å². The maximum absolute atomic E-state index is 16.6. The lowest BCUT2D eigenvalue weighted by Gasteiger charge is -2.53. The summed E-state index contributed by atoms with van der Waals surface area (Å²) in [7, 11) is -4.82. The monoisotopic (exact) mass is 758 g/mol. The van der Waals surface area contributed by atoms with Gasteiger partial charge in [-0.15, -0.1) is 0 Å². The van der Waals surface area contributed by atoms with E-state index in [9.17, 15) is 0 Å². The van der Waals surface area contributed by atoms with Gasteiger partial charge < -0.3 is 32.4 Å². The molecule has 1 aromatic heterocycles. The summed E-state index contributed by atoms with van der Waals surface area (Å²) in [5, 5.41) is -0.472. The van der Waals surface area contributed by atoms with Crippen molar-refractivity contribution in [2.75, 3.05) is 19.8 Å². The van der Waals surface area contributed by atoms with E-state index >= 15 is 8.78 Å². The van der Waals surface area contributed by atoms with Crippen LogP contribution in [0.4, 0.5) is 8.78 Å². The molecule has 3 fully saturated rings. The fraction of sp³-hybridized carbons (Fsp3) is 0.658. The fourth-order valence-corrected chi connectivity index (χ4v) is 13.2. The Kier molecular flexibility index (Phi) is 10.3. The third-order valence-corrected chi connectivity index (χ3v) is 17.9. The lowest BCUT2D eigenvalue weighted by atomic mass is 9.78. The highest BCUT2D eigenvalue weighted by molar-refractivity contribution is 6.76. The van der Waals surface area contributed by atoms with Gasteiger partial charge in [0.05, 0.1) is 35.5 Å². The molecule has 4 heterocycles. The number of hydrogen-bond donors (Lipinski definition) is 0. The second-order valence-electron chi connectivity index (χ2n) is 18.8. The third kappa shape index (κ3) is 7.18. The van der Waals surface area contributed by atoms with Crippen molar-refractivity contribution in [3.63, 3.8) is 0 Å². The van der Waals surface area contributed by atoms with E-state index in [-0.39, 0.29) is 52.1 Å². The lowest BCUT2D eigenvalue weighted by molar-refractivity contribution is -0.0660. The first kappa shape index (κ1) is 39.5. The van der Waals surface area contributed by atoms with E-state index in [4.69, 9.17) is 32.4 Å². The highest BCUT2D eigenvalue weighted by atomic mass is 28.4. The molecule has 0 radical (unpaired) electrons. The minimum atomic E-state index is -2.84. The molecule has 9 nitrogen and oxygen atoms in total. The van der Waals surface area contributed by atoms with Gasteiger partial charge in [0.2, 0.25) is 0 Å². The quantitative estimate of drug-likeness (QED) is 0.160. The predicted octanol–water partition coefficient (Wildman–Crippen LogP) is 8.20. The van der Waals surface area contributed by atoms with Crippen molar-refractivity contribution < 1.29 is 41.2 Å². The number of rotatable bonds is 9. The molecule has 0 amide bonds. The number of imidazole rings is 1. The molecule has 3 aliphatic rings. The number of benzene rings is 2. The zero-order valence-corrected chi connectivity index (χ0v) is 35.2. The molecule has 0 unspecified atom stereocenters. The molecule has 3 aliphatic heterocycles. The fourth-order valence-electron chi connectivity index (χ4n) is 7.48. The van der Waals surface area contributed by atoms with E-state index in [0.717, 1.165) is 11.5 Å². The van der Waals surface area contributed by atoms with Gasteiger partial charge in [-0.3, -0.25) is 4.57 Å². The summed E-state index contributed by atoms with van der Waals surface area (Å²) < 4.78 is 79.1. The molecule has 6 rings (SSSR count). The summed E-state index contributed by atoms with van der Waals surface area (Å²) in [5.74, 6) is -1.50. The summed E-state index contributed by atoms with van der Waals surface area (Å²) in [6.45, 7) is 28.9. The van der Waals surface area contributed by atoms with Crippen LogP contribution in [0.3, 0.4) is 0 Å². The van der Waals surface area contributed by atoms with Crippen molar-refractivity contribution in [2.24, 2.45) is 0 Å². The van der Waals surface area contributed by atoms with Crippen LogP contribution in [-0.4, -0.2) is 82.6 Å². The maximum Gasteiger partial charge on any atom is 0.494 e. The number of fused-ring (bicyclic) bond motifs is 2. The lowest BCUT2D eigenvalue weighted by Crippen LogP contribution is -2.65. The Bertz CT molecular complexity index is 1750.